The van der Waals surface area contributed by atoms with Gasteiger partial charge in [-0.25, -0.2) is 9.97 Å². The minimum Gasteiger partial charge on any atom is -0.372 e. The molecule has 0 unspecified atom stereocenters. The Morgan fingerprint density at radius 2 is 1.71 bits per heavy atom. The van der Waals surface area contributed by atoms with Gasteiger partial charge in [0.1, 0.15) is 18.0 Å². The van der Waals surface area contributed by atoms with E-state index in [2.05, 4.69) is 87.5 Å². The quantitative estimate of drug-likeness (QED) is 0.682. The highest BCUT2D eigenvalue weighted by Gasteiger charge is 2.17. The Kier molecular flexibility index (Phi) is 5.42. The summed E-state index contributed by atoms with van der Waals surface area (Å²) in [5, 5.41) is 3.41. The summed E-state index contributed by atoms with van der Waals surface area (Å²) < 4.78 is 0. The SMILES string of the molecule is CCN(CC)c1ccc(Nc2cc(N3CCc4ccccc4C3)ncn2)cc1. The lowest BCUT2D eigenvalue weighted by Crippen LogP contribution is -2.31. The molecule has 1 aromatic heterocycles. The second kappa shape index (κ2) is 8.30. The summed E-state index contributed by atoms with van der Waals surface area (Å²) in [5.74, 6) is 1.78. The molecule has 1 N–H and O–H groups in total. The van der Waals surface area contributed by atoms with Crippen LogP contribution in [-0.4, -0.2) is 29.6 Å². The molecule has 5 heteroatoms. The third-order valence-electron chi connectivity index (χ3n) is 5.38. The molecule has 0 aliphatic carbocycles. The molecule has 0 spiro atoms. The molecule has 0 fully saturated rings. The predicted octanol–water partition coefficient (Wildman–Crippen LogP) is 4.63. The van der Waals surface area contributed by atoms with Crippen LogP contribution in [0.1, 0.15) is 25.0 Å². The van der Waals surface area contributed by atoms with Crippen molar-refractivity contribution in [1.82, 2.24) is 9.97 Å². The maximum absolute atomic E-state index is 4.51. The van der Waals surface area contributed by atoms with E-state index in [1.807, 2.05) is 6.07 Å². The number of aromatic nitrogens is 2. The van der Waals surface area contributed by atoms with Crippen LogP contribution in [0.3, 0.4) is 0 Å². The summed E-state index contributed by atoms with van der Waals surface area (Å²) >= 11 is 0. The Bertz CT molecular complexity index is 918. The highest BCUT2D eigenvalue weighted by Crippen LogP contribution is 2.25. The molecule has 2 heterocycles. The van der Waals surface area contributed by atoms with E-state index >= 15 is 0 Å². The van der Waals surface area contributed by atoms with Gasteiger partial charge in [-0.15, -0.1) is 0 Å². The van der Waals surface area contributed by atoms with Gasteiger partial charge in [0.05, 0.1) is 0 Å². The summed E-state index contributed by atoms with van der Waals surface area (Å²) in [4.78, 5) is 13.6. The highest BCUT2D eigenvalue weighted by atomic mass is 15.2. The van der Waals surface area contributed by atoms with Crippen LogP contribution in [0.4, 0.5) is 23.0 Å². The molecule has 5 nitrogen and oxygen atoms in total. The molecule has 0 saturated heterocycles. The average molecular weight is 374 g/mol. The van der Waals surface area contributed by atoms with Crippen LogP contribution in [0.25, 0.3) is 0 Å². The molecule has 1 aliphatic rings. The lowest BCUT2D eigenvalue weighted by molar-refractivity contribution is 0.719. The van der Waals surface area contributed by atoms with Crippen molar-refractivity contribution in [3.8, 4) is 0 Å². The number of fused-ring (bicyclic) bond motifs is 1. The van der Waals surface area contributed by atoms with Gasteiger partial charge in [-0.05, 0) is 55.7 Å². The first kappa shape index (κ1) is 18.3. The molecule has 1 aliphatic heterocycles. The number of hydrogen-bond acceptors (Lipinski definition) is 5. The fourth-order valence-electron chi connectivity index (χ4n) is 3.77. The molecule has 0 amide bonds. The molecule has 0 atom stereocenters. The van der Waals surface area contributed by atoms with Crippen LogP contribution in [0.2, 0.25) is 0 Å². The predicted molar refractivity (Wildman–Crippen MR) is 117 cm³/mol. The lowest BCUT2D eigenvalue weighted by atomic mass is 10.00. The van der Waals surface area contributed by atoms with Gasteiger partial charge in [-0.3, -0.25) is 0 Å². The number of nitrogens with one attached hydrogen (secondary N) is 1. The van der Waals surface area contributed by atoms with Gasteiger partial charge in [0.15, 0.2) is 0 Å². The van der Waals surface area contributed by atoms with Crippen molar-refractivity contribution in [2.24, 2.45) is 0 Å². The third kappa shape index (κ3) is 3.93. The van der Waals surface area contributed by atoms with E-state index in [0.717, 1.165) is 49.9 Å². The summed E-state index contributed by atoms with van der Waals surface area (Å²) in [6.45, 7) is 8.25. The molecular weight excluding hydrogens is 346 g/mol. The van der Waals surface area contributed by atoms with E-state index in [-0.39, 0.29) is 0 Å². The van der Waals surface area contributed by atoms with E-state index in [0.29, 0.717) is 0 Å². The van der Waals surface area contributed by atoms with Gasteiger partial charge in [-0.2, -0.15) is 0 Å². The van der Waals surface area contributed by atoms with Crippen molar-refractivity contribution in [2.45, 2.75) is 26.8 Å². The number of nitrogens with zero attached hydrogens (tertiary/aromatic N) is 4. The monoisotopic (exact) mass is 373 g/mol. The van der Waals surface area contributed by atoms with Crippen LogP contribution in [-0.2, 0) is 13.0 Å². The number of rotatable bonds is 6. The standard InChI is InChI=1S/C23H27N5/c1-3-27(4-2)21-11-9-20(10-12-21)26-22-15-23(25-17-24-22)28-14-13-18-7-5-6-8-19(18)16-28/h5-12,15,17H,3-4,13-14,16H2,1-2H3,(H,24,25,26). The van der Waals surface area contributed by atoms with E-state index in [9.17, 15) is 0 Å². The summed E-state index contributed by atoms with van der Waals surface area (Å²) in [5.41, 5.74) is 5.10. The number of hydrogen-bond donors (Lipinski definition) is 1. The van der Waals surface area contributed by atoms with Gasteiger partial charge in [0.25, 0.3) is 0 Å². The van der Waals surface area contributed by atoms with Crippen LogP contribution < -0.4 is 15.1 Å². The zero-order chi connectivity index (χ0) is 19.3. The second-order valence-electron chi connectivity index (χ2n) is 7.05. The van der Waals surface area contributed by atoms with E-state index in [1.165, 1.54) is 16.8 Å². The fraction of sp³-hybridized carbons (Fsp3) is 0.304. The van der Waals surface area contributed by atoms with Gasteiger partial charge < -0.3 is 15.1 Å². The van der Waals surface area contributed by atoms with Crippen LogP contribution in [0.5, 0.6) is 0 Å². The molecule has 144 valence electrons. The summed E-state index contributed by atoms with van der Waals surface area (Å²) in [7, 11) is 0. The average Bonchev–Trinajstić information content (AvgIpc) is 2.75. The molecule has 2 aromatic carbocycles. The fourth-order valence-corrected chi connectivity index (χ4v) is 3.77. The third-order valence-corrected chi connectivity index (χ3v) is 5.38. The second-order valence-corrected chi connectivity index (χ2v) is 7.05. The van der Waals surface area contributed by atoms with E-state index < -0.39 is 0 Å². The Morgan fingerprint density at radius 1 is 0.964 bits per heavy atom. The Labute approximate surface area is 167 Å². The van der Waals surface area contributed by atoms with Crippen molar-refractivity contribution in [3.63, 3.8) is 0 Å². The summed E-state index contributed by atoms with van der Waals surface area (Å²) in [6, 6.07) is 19.2. The van der Waals surface area contributed by atoms with Crippen LogP contribution in [0.15, 0.2) is 60.9 Å². The molecule has 0 bridgehead atoms. The van der Waals surface area contributed by atoms with Gasteiger partial charge in [0, 0.05) is 43.6 Å². The Hall–Kier alpha value is -3.08. The molecule has 0 saturated carbocycles. The van der Waals surface area contributed by atoms with Crippen molar-refractivity contribution >= 4 is 23.0 Å². The first-order chi connectivity index (χ1) is 13.8. The summed E-state index contributed by atoms with van der Waals surface area (Å²) in [6.07, 6.45) is 2.69. The normalized spacial score (nSPS) is 13.1. The topological polar surface area (TPSA) is 44.3 Å². The Morgan fingerprint density at radius 3 is 2.46 bits per heavy atom. The van der Waals surface area contributed by atoms with Crippen LogP contribution in [0, 0.1) is 0 Å². The van der Waals surface area contributed by atoms with Crippen molar-refractivity contribution in [3.05, 3.63) is 72.1 Å². The maximum Gasteiger partial charge on any atom is 0.135 e. The minimum atomic E-state index is 0.819. The molecule has 4 rings (SSSR count). The van der Waals surface area contributed by atoms with Crippen molar-refractivity contribution in [2.75, 3.05) is 34.8 Å². The van der Waals surface area contributed by atoms with Gasteiger partial charge in [-0.1, -0.05) is 24.3 Å². The van der Waals surface area contributed by atoms with Crippen molar-refractivity contribution in [1.29, 1.82) is 0 Å². The largest absolute Gasteiger partial charge is 0.372 e. The van der Waals surface area contributed by atoms with Gasteiger partial charge in [0.2, 0.25) is 0 Å². The molecular formula is C23H27N5. The first-order valence-electron chi connectivity index (χ1n) is 10.0. The molecule has 3 aromatic rings. The maximum atomic E-state index is 4.51. The molecule has 28 heavy (non-hydrogen) atoms. The lowest BCUT2D eigenvalue weighted by Gasteiger charge is -2.29. The van der Waals surface area contributed by atoms with Crippen molar-refractivity contribution < 1.29 is 0 Å². The Balaban J connectivity index is 1.47. The number of benzene rings is 2. The smallest absolute Gasteiger partial charge is 0.135 e. The zero-order valence-electron chi connectivity index (χ0n) is 16.6. The molecule has 0 radical (unpaired) electrons. The van der Waals surface area contributed by atoms with Crippen LogP contribution >= 0.6 is 0 Å². The zero-order valence-corrected chi connectivity index (χ0v) is 16.6. The van der Waals surface area contributed by atoms with E-state index in [4.69, 9.17) is 0 Å². The van der Waals surface area contributed by atoms with E-state index in [1.54, 1.807) is 6.33 Å². The van der Waals surface area contributed by atoms with Gasteiger partial charge >= 0.3 is 0 Å². The number of anilines is 4. The first-order valence-corrected chi connectivity index (χ1v) is 10.0. The highest BCUT2D eigenvalue weighted by molar-refractivity contribution is 5.62. The minimum absolute atomic E-state index is 0.819.